The van der Waals surface area contributed by atoms with Crippen molar-refractivity contribution in [3.63, 3.8) is 0 Å². The topological polar surface area (TPSA) is 38.7 Å². The van der Waals surface area contributed by atoms with E-state index in [0.29, 0.717) is 11.7 Å². The molecule has 0 spiro atoms. The van der Waals surface area contributed by atoms with Crippen LogP contribution in [0.15, 0.2) is 18.2 Å². The smallest absolute Gasteiger partial charge is 0.128 e. The van der Waals surface area contributed by atoms with Crippen molar-refractivity contribution in [3.8, 4) is 11.5 Å². The number of rotatable bonds is 3. The number of hydrogen-bond donors (Lipinski definition) is 1. The molecule has 82 valence electrons. The zero-order valence-electron chi connectivity index (χ0n) is 9.28. The molecule has 2 rings (SSSR count). The molecule has 0 amide bonds. The molecule has 2 atom stereocenters. The van der Waals surface area contributed by atoms with Gasteiger partial charge < -0.3 is 14.6 Å². The number of benzene rings is 1. The van der Waals surface area contributed by atoms with Gasteiger partial charge in [0, 0.05) is 11.6 Å². The van der Waals surface area contributed by atoms with Gasteiger partial charge in [0.05, 0.1) is 19.8 Å². The van der Waals surface area contributed by atoms with Crippen LogP contribution in [0.2, 0.25) is 0 Å². The molecule has 0 heterocycles. The van der Waals surface area contributed by atoms with Gasteiger partial charge in [-0.05, 0) is 24.5 Å². The number of ether oxygens (including phenoxy) is 2. The molecule has 0 saturated heterocycles. The zero-order chi connectivity index (χ0) is 11.1. The Morgan fingerprint density at radius 2 is 2.00 bits per heavy atom. The molecule has 0 radical (unpaired) electrons. The van der Waals surface area contributed by atoms with Crippen molar-refractivity contribution >= 4 is 0 Å². The fourth-order valence-electron chi connectivity index (χ4n) is 1.94. The Hall–Kier alpha value is -1.22. The van der Waals surface area contributed by atoms with Gasteiger partial charge in [0.2, 0.25) is 0 Å². The molecule has 3 nitrogen and oxygen atoms in total. The number of methoxy groups -OCH3 is 2. The first-order chi connectivity index (χ1) is 7.11. The van der Waals surface area contributed by atoms with Crippen LogP contribution in [-0.4, -0.2) is 19.3 Å². The molecule has 1 fully saturated rings. The predicted molar refractivity (Wildman–Crippen MR) is 57.2 cm³/mol. The molecule has 15 heavy (non-hydrogen) atoms. The van der Waals surface area contributed by atoms with E-state index in [1.165, 1.54) is 0 Å². The zero-order valence-corrected chi connectivity index (χ0v) is 9.28. The minimum Gasteiger partial charge on any atom is -0.497 e. The van der Waals surface area contributed by atoms with Crippen LogP contribution < -0.4 is 9.47 Å². The van der Waals surface area contributed by atoms with E-state index in [1.54, 1.807) is 20.3 Å². The summed E-state index contributed by atoms with van der Waals surface area (Å²) in [4.78, 5) is 0. The first-order valence-electron chi connectivity index (χ1n) is 5.06. The lowest BCUT2D eigenvalue weighted by Gasteiger charge is -2.15. The summed E-state index contributed by atoms with van der Waals surface area (Å²) in [5.74, 6) is 1.74. The third-order valence-electron chi connectivity index (χ3n) is 3.15. The van der Waals surface area contributed by atoms with Crippen molar-refractivity contribution in [2.24, 2.45) is 5.92 Å². The molecule has 1 aromatic rings. The molecule has 1 aliphatic rings. The van der Waals surface area contributed by atoms with E-state index in [0.717, 1.165) is 17.7 Å². The quantitative estimate of drug-likeness (QED) is 0.825. The third kappa shape index (κ3) is 1.57. The van der Waals surface area contributed by atoms with Gasteiger partial charge in [-0.25, -0.2) is 0 Å². The van der Waals surface area contributed by atoms with Gasteiger partial charge in [-0.1, -0.05) is 6.92 Å². The first-order valence-corrected chi connectivity index (χ1v) is 5.06. The number of hydrogen-bond acceptors (Lipinski definition) is 3. The van der Waals surface area contributed by atoms with Gasteiger partial charge in [-0.2, -0.15) is 0 Å². The minimum absolute atomic E-state index is 0.305. The molecule has 3 heteroatoms. The van der Waals surface area contributed by atoms with E-state index in [1.807, 2.05) is 19.1 Å². The molecular formula is C12H16O3. The van der Waals surface area contributed by atoms with Crippen molar-refractivity contribution in [3.05, 3.63) is 23.8 Å². The Labute approximate surface area is 89.6 Å². The van der Waals surface area contributed by atoms with Crippen LogP contribution in [0.4, 0.5) is 0 Å². The maximum atomic E-state index is 10.2. The summed E-state index contributed by atoms with van der Waals surface area (Å²) in [5, 5.41) is 10.2. The SMILES string of the molecule is COc1ccc(C2(O)CC2C)c(OC)c1. The highest BCUT2D eigenvalue weighted by molar-refractivity contribution is 5.46. The fourth-order valence-corrected chi connectivity index (χ4v) is 1.94. The highest BCUT2D eigenvalue weighted by Gasteiger charge is 2.52. The highest BCUT2D eigenvalue weighted by Crippen LogP contribution is 2.54. The first kappa shape index (κ1) is 10.3. The molecule has 2 unspecified atom stereocenters. The van der Waals surface area contributed by atoms with Crippen molar-refractivity contribution in [1.29, 1.82) is 0 Å². The fraction of sp³-hybridized carbons (Fsp3) is 0.500. The Bertz CT molecular complexity index is 375. The van der Waals surface area contributed by atoms with Crippen molar-refractivity contribution in [1.82, 2.24) is 0 Å². The predicted octanol–water partition coefficient (Wildman–Crippen LogP) is 1.93. The highest BCUT2D eigenvalue weighted by atomic mass is 16.5. The van der Waals surface area contributed by atoms with Gasteiger partial charge in [0.25, 0.3) is 0 Å². The summed E-state index contributed by atoms with van der Waals surface area (Å²) < 4.78 is 10.4. The maximum Gasteiger partial charge on any atom is 0.128 e. The molecule has 0 bridgehead atoms. The van der Waals surface area contributed by atoms with Crippen LogP contribution in [0.5, 0.6) is 11.5 Å². The number of aliphatic hydroxyl groups is 1. The van der Waals surface area contributed by atoms with Crippen molar-refractivity contribution in [2.75, 3.05) is 14.2 Å². The molecule has 1 N–H and O–H groups in total. The standard InChI is InChI=1S/C12H16O3/c1-8-7-12(8,13)10-5-4-9(14-2)6-11(10)15-3/h4-6,8,13H,7H2,1-3H3. The van der Waals surface area contributed by atoms with E-state index < -0.39 is 5.60 Å². The second-order valence-electron chi connectivity index (χ2n) is 4.10. The van der Waals surface area contributed by atoms with Gasteiger partial charge in [-0.15, -0.1) is 0 Å². The van der Waals surface area contributed by atoms with E-state index in [4.69, 9.17) is 9.47 Å². The van der Waals surface area contributed by atoms with Gasteiger partial charge in [0.15, 0.2) is 0 Å². The lowest BCUT2D eigenvalue weighted by atomic mass is 10.0. The normalized spacial score (nSPS) is 28.7. The van der Waals surface area contributed by atoms with Gasteiger partial charge >= 0.3 is 0 Å². The van der Waals surface area contributed by atoms with Crippen LogP contribution >= 0.6 is 0 Å². The van der Waals surface area contributed by atoms with E-state index >= 15 is 0 Å². The Morgan fingerprint density at radius 3 is 2.47 bits per heavy atom. The molecule has 0 aliphatic heterocycles. The summed E-state index contributed by atoms with van der Waals surface area (Å²) in [6.07, 6.45) is 0.801. The second-order valence-corrected chi connectivity index (χ2v) is 4.10. The summed E-state index contributed by atoms with van der Waals surface area (Å²) in [6, 6.07) is 5.53. The van der Waals surface area contributed by atoms with Crippen LogP contribution in [0.1, 0.15) is 18.9 Å². The molecule has 0 aromatic heterocycles. The third-order valence-corrected chi connectivity index (χ3v) is 3.15. The molecule has 1 aromatic carbocycles. The Morgan fingerprint density at radius 1 is 1.33 bits per heavy atom. The lowest BCUT2D eigenvalue weighted by molar-refractivity contribution is 0.131. The van der Waals surface area contributed by atoms with Crippen molar-refractivity contribution in [2.45, 2.75) is 18.9 Å². The minimum atomic E-state index is -0.697. The summed E-state index contributed by atoms with van der Waals surface area (Å²) >= 11 is 0. The monoisotopic (exact) mass is 208 g/mol. The molecule has 1 saturated carbocycles. The van der Waals surface area contributed by atoms with Crippen LogP contribution in [-0.2, 0) is 5.60 Å². The Kier molecular flexibility index (Phi) is 2.35. The lowest BCUT2D eigenvalue weighted by Crippen LogP contribution is -2.09. The van der Waals surface area contributed by atoms with Gasteiger partial charge in [0.1, 0.15) is 11.5 Å². The maximum absolute atomic E-state index is 10.2. The van der Waals surface area contributed by atoms with E-state index in [9.17, 15) is 5.11 Å². The van der Waals surface area contributed by atoms with Crippen LogP contribution in [0, 0.1) is 5.92 Å². The average molecular weight is 208 g/mol. The summed E-state index contributed by atoms with van der Waals surface area (Å²) in [6.45, 7) is 2.03. The summed E-state index contributed by atoms with van der Waals surface area (Å²) in [7, 11) is 3.22. The van der Waals surface area contributed by atoms with E-state index in [-0.39, 0.29) is 0 Å². The van der Waals surface area contributed by atoms with E-state index in [2.05, 4.69) is 0 Å². The summed E-state index contributed by atoms with van der Waals surface area (Å²) in [5.41, 5.74) is 0.163. The van der Waals surface area contributed by atoms with Crippen LogP contribution in [0.3, 0.4) is 0 Å². The Balaban J connectivity index is 2.40. The average Bonchev–Trinajstić information content (AvgIpc) is 2.87. The van der Waals surface area contributed by atoms with Gasteiger partial charge in [-0.3, -0.25) is 0 Å². The van der Waals surface area contributed by atoms with Crippen molar-refractivity contribution < 1.29 is 14.6 Å². The molecule has 1 aliphatic carbocycles. The van der Waals surface area contributed by atoms with Crippen LogP contribution in [0.25, 0.3) is 0 Å². The molecular weight excluding hydrogens is 192 g/mol. The largest absolute Gasteiger partial charge is 0.497 e. The second kappa shape index (κ2) is 3.42.